The first-order valence-corrected chi connectivity index (χ1v) is 6.12. The number of para-hydroxylation sites is 1. The lowest BCUT2D eigenvalue weighted by Crippen LogP contribution is -2.36. The average molecular weight is 270 g/mol. The SMILES string of the molecule is CC[C@H](Br)C(=O)N(CC)c1ccccc1. The molecule has 1 rings (SSSR count). The maximum Gasteiger partial charge on any atom is 0.240 e. The molecule has 0 aliphatic rings. The highest BCUT2D eigenvalue weighted by molar-refractivity contribution is 9.10. The molecular formula is C12H16BrNO. The molecule has 0 aliphatic carbocycles. The van der Waals surface area contributed by atoms with Gasteiger partial charge in [0.2, 0.25) is 5.91 Å². The number of hydrogen-bond donors (Lipinski definition) is 0. The predicted molar refractivity (Wildman–Crippen MR) is 67.5 cm³/mol. The molecule has 0 saturated carbocycles. The Balaban J connectivity index is 2.85. The number of rotatable bonds is 4. The number of alkyl halides is 1. The molecule has 0 aromatic heterocycles. The van der Waals surface area contributed by atoms with Crippen LogP contribution in [-0.4, -0.2) is 17.3 Å². The summed E-state index contributed by atoms with van der Waals surface area (Å²) in [5.74, 6) is 0.131. The van der Waals surface area contributed by atoms with Crippen LogP contribution < -0.4 is 4.90 Å². The van der Waals surface area contributed by atoms with Crippen molar-refractivity contribution >= 4 is 27.5 Å². The minimum atomic E-state index is -0.0855. The molecule has 0 unspecified atom stereocenters. The Hall–Kier alpha value is -0.830. The lowest BCUT2D eigenvalue weighted by atomic mass is 10.2. The van der Waals surface area contributed by atoms with Crippen molar-refractivity contribution in [3.05, 3.63) is 30.3 Å². The van der Waals surface area contributed by atoms with Gasteiger partial charge in [-0.25, -0.2) is 0 Å². The van der Waals surface area contributed by atoms with Crippen LogP contribution in [0.1, 0.15) is 20.3 Å². The molecular weight excluding hydrogens is 254 g/mol. The third-order valence-electron chi connectivity index (χ3n) is 2.28. The third-order valence-corrected chi connectivity index (χ3v) is 3.32. The monoisotopic (exact) mass is 269 g/mol. The molecule has 0 spiro atoms. The van der Waals surface area contributed by atoms with Crippen LogP contribution >= 0.6 is 15.9 Å². The van der Waals surface area contributed by atoms with Gasteiger partial charge in [-0.15, -0.1) is 0 Å². The van der Waals surface area contributed by atoms with Crippen LogP contribution in [0.25, 0.3) is 0 Å². The van der Waals surface area contributed by atoms with Gasteiger partial charge in [-0.2, -0.15) is 0 Å². The zero-order chi connectivity index (χ0) is 11.3. The number of carbonyl (C=O) groups excluding carboxylic acids is 1. The van der Waals surface area contributed by atoms with Gasteiger partial charge in [0.25, 0.3) is 0 Å². The minimum absolute atomic E-state index is 0.0855. The summed E-state index contributed by atoms with van der Waals surface area (Å²) in [6, 6.07) is 9.75. The van der Waals surface area contributed by atoms with Crippen molar-refractivity contribution < 1.29 is 4.79 Å². The molecule has 0 fully saturated rings. The first-order chi connectivity index (χ1) is 7.20. The van der Waals surface area contributed by atoms with E-state index in [1.807, 2.05) is 44.2 Å². The summed E-state index contributed by atoms with van der Waals surface area (Å²) in [6.07, 6.45) is 0.808. The molecule has 1 aromatic carbocycles. The van der Waals surface area contributed by atoms with Crippen molar-refractivity contribution in [2.24, 2.45) is 0 Å². The molecule has 82 valence electrons. The molecule has 1 atom stereocenters. The van der Waals surface area contributed by atoms with Gasteiger partial charge in [-0.05, 0) is 25.5 Å². The fourth-order valence-electron chi connectivity index (χ4n) is 1.42. The van der Waals surface area contributed by atoms with E-state index < -0.39 is 0 Å². The first kappa shape index (κ1) is 12.2. The van der Waals surface area contributed by atoms with Gasteiger partial charge in [0.1, 0.15) is 0 Å². The molecule has 0 radical (unpaired) electrons. The second-order valence-electron chi connectivity index (χ2n) is 3.29. The van der Waals surface area contributed by atoms with E-state index in [1.165, 1.54) is 0 Å². The van der Waals surface area contributed by atoms with Crippen molar-refractivity contribution in [2.45, 2.75) is 25.1 Å². The Morgan fingerprint density at radius 2 is 1.93 bits per heavy atom. The van der Waals surface area contributed by atoms with Crippen molar-refractivity contribution in [3.8, 4) is 0 Å². The van der Waals surface area contributed by atoms with Crippen LogP contribution in [0.3, 0.4) is 0 Å². The zero-order valence-corrected chi connectivity index (χ0v) is 10.7. The molecule has 3 heteroatoms. The van der Waals surface area contributed by atoms with Crippen LogP contribution in [0.15, 0.2) is 30.3 Å². The van der Waals surface area contributed by atoms with Gasteiger partial charge in [0, 0.05) is 12.2 Å². The largest absolute Gasteiger partial charge is 0.312 e. The van der Waals surface area contributed by atoms with Gasteiger partial charge in [-0.3, -0.25) is 4.79 Å². The summed E-state index contributed by atoms with van der Waals surface area (Å²) < 4.78 is 0. The number of anilines is 1. The Morgan fingerprint density at radius 3 is 2.40 bits per heavy atom. The number of amides is 1. The van der Waals surface area contributed by atoms with Gasteiger partial charge < -0.3 is 4.90 Å². The topological polar surface area (TPSA) is 20.3 Å². The summed E-state index contributed by atoms with van der Waals surface area (Å²) >= 11 is 3.39. The van der Waals surface area contributed by atoms with Crippen LogP contribution in [-0.2, 0) is 4.79 Å². The highest BCUT2D eigenvalue weighted by Crippen LogP contribution is 2.17. The van der Waals surface area contributed by atoms with Crippen molar-refractivity contribution in [3.63, 3.8) is 0 Å². The van der Waals surface area contributed by atoms with E-state index in [0.29, 0.717) is 6.54 Å². The van der Waals surface area contributed by atoms with Gasteiger partial charge >= 0.3 is 0 Å². The van der Waals surface area contributed by atoms with E-state index >= 15 is 0 Å². The quantitative estimate of drug-likeness (QED) is 0.769. The fraction of sp³-hybridized carbons (Fsp3) is 0.417. The fourth-order valence-corrected chi connectivity index (χ4v) is 1.66. The Kier molecular flexibility index (Phi) is 4.82. The Morgan fingerprint density at radius 1 is 1.33 bits per heavy atom. The summed E-state index contributed by atoms with van der Waals surface area (Å²) in [7, 11) is 0. The number of halogens is 1. The number of carbonyl (C=O) groups is 1. The van der Waals surface area contributed by atoms with E-state index in [4.69, 9.17) is 0 Å². The van der Waals surface area contributed by atoms with Gasteiger partial charge in [0.05, 0.1) is 4.83 Å². The van der Waals surface area contributed by atoms with E-state index in [1.54, 1.807) is 4.90 Å². The lowest BCUT2D eigenvalue weighted by molar-refractivity contribution is -0.118. The highest BCUT2D eigenvalue weighted by Gasteiger charge is 2.19. The lowest BCUT2D eigenvalue weighted by Gasteiger charge is -2.23. The summed E-state index contributed by atoms with van der Waals surface area (Å²) in [6.45, 7) is 4.68. The molecule has 0 aliphatic heterocycles. The number of hydrogen-bond acceptors (Lipinski definition) is 1. The third kappa shape index (κ3) is 3.06. The van der Waals surface area contributed by atoms with Crippen LogP contribution in [0.4, 0.5) is 5.69 Å². The second-order valence-corrected chi connectivity index (χ2v) is 4.40. The van der Waals surface area contributed by atoms with Gasteiger partial charge in [-0.1, -0.05) is 41.1 Å². The molecule has 0 saturated heterocycles. The smallest absolute Gasteiger partial charge is 0.240 e. The van der Waals surface area contributed by atoms with Crippen molar-refractivity contribution in [1.82, 2.24) is 0 Å². The van der Waals surface area contributed by atoms with E-state index in [9.17, 15) is 4.79 Å². The number of benzene rings is 1. The Bertz CT molecular complexity index is 313. The molecule has 0 bridgehead atoms. The summed E-state index contributed by atoms with van der Waals surface area (Å²) in [5.41, 5.74) is 0.961. The maximum atomic E-state index is 12.0. The normalized spacial score (nSPS) is 12.2. The minimum Gasteiger partial charge on any atom is -0.312 e. The molecule has 15 heavy (non-hydrogen) atoms. The molecule has 0 N–H and O–H groups in total. The predicted octanol–water partition coefficient (Wildman–Crippen LogP) is 3.21. The van der Waals surface area contributed by atoms with Crippen LogP contribution in [0.2, 0.25) is 0 Å². The van der Waals surface area contributed by atoms with E-state index in [-0.39, 0.29) is 10.7 Å². The highest BCUT2D eigenvalue weighted by atomic mass is 79.9. The number of nitrogens with zero attached hydrogens (tertiary/aromatic N) is 1. The summed E-state index contributed by atoms with van der Waals surface area (Å²) in [4.78, 5) is 13.7. The first-order valence-electron chi connectivity index (χ1n) is 5.21. The van der Waals surface area contributed by atoms with Crippen molar-refractivity contribution in [1.29, 1.82) is 0 Å². The van der Waals surface area contributed by atoms with Crippen LogP contribution in [0.5, 0.6) is 0 Å². The molecule has 1 aromatic rings. The molecule has 1 amide bonds. The van der Waals surface area contributed by atoms with E-state index in [0.717, 1.165) is 12.1 Å². The molecule has 0 heterocycles. The average Bonchev–Trinajstić information content (AvgIpc) is 2.30. The van der Waals surface area contributed by atoms with Crippen LogP contribution in [0, 0.1) is 0 Å². The summed E-state index contributed by atoms with van der Waals surface area (Å²) in [5, 5.41) is 0. The Labute approximate surface area is 99.4 Å². The maximum absolute atomic E-state index is 12.0. The van der Waals surface area contributed by atoms with Gasteiger partial charge in [0.15, 0.2) is 0 Å². The molecule has 2 nitrogen and oxygen atoms in total. The standard InChI is InChI=1S/C12H16BrNO/c1-3-11(13)12(15)14(4-2)10-8-6-5-7-9-10/h5-9,11H,3-4H2,1-2H3/t11-/m0/s1. The van der Waals surface area contributed by atoms with E-state index in [2.05, 4.69) is 15.9 Å². The second kappa shape index (κ2) is 5.91. The zero-order valence-electron chi connectivity index (χ0n) is 9.11. The van der Waals surface area contributed by atoms with Crippen molar-refractivity contribution in [2.75, 3.05) is 11.4 Å².